The van der Waals surface area contributed by atoms with Gasteiger partial charge in [-0.2, -0.15) is 0 Å². The normalized spacial score (nSPS) is 10.0. The first kappa shape index (κ1) is 16.0. The van der Waals surface area contributed by atoms with E-state index >= 15 is 0 Å². The molecule has 1 heterocycles. The molecular formula is C13H10Br2N2O3S. The zero-order chi connectivity index (χ0) is 15.4. The summed E-state index contributed by atoms with van der Waals surface area (Å²) in [5.41, 5.74) is 5.02. The van der Waals surface area contributed by atoms with Crippen molar-refractivity contribution in [3.63, 3.8) is 0 Å². The van der Waals surface area contributed by atoms with Crippen LogP contribution in [0.25, 0.3) is 0 Å². The van der Waals surface area contributed by atoms with Gasteiger partial charge in [-0.25, -0.2) is 0 Å². The molecule has 0 aliphatic carbocycles. The Bertz CT molecular complexity index is 674. The van der Waals surface area contributed by atoms with Crippen molar-refractivity contribution in [1.82, 2.24) is 10.9 Å². The topological polar surface area (TPSA) is 67.4 Å². The molecule has 2 aromatic rings. The van der Waals surface area contributed by atoms with E-state index in [1.54, 1.807) is 29.6 Å². The summed E-state index contributed by atoms with van der Waals surface area (Å²) in [7, 11) is 1.47. The standard InChI is InChI=1S/C13H10Br2N2O3S/c1-20-11-8(5-7(14)6-9(11)15)12(18)16-17-13(19)10-3-2-4-21-10/h2-6H,1H3,(H,16,18)(H,17,19). The van der Waals surface area contributed by atoms with E-state index in [4.69, 9.17) is 4.74 Å². The van der Waals surface area contributed by atoms with Crippen molar-refractivity contribution < 1.29 is 14.3 Å². The summed E-state index contributed by atoms with van der Waals surface area (Å²) in [5.74, 6) is -0.453. The van der Waals surface area contributed by atoms with Crippen LogP contribution >= 0.6 is 43.2 Å². The molecule has 0 aliphatic heterocycles. The average molecular weight is 434 g/mol. The molecule has 0 bridgehead atoms. The van der Waals surface area contributed by atoms with Crippen LogP contribution in [0.3, 0.4) is 0 Å². The molecule has 1 aromatic carbocycles. The summed E-state index contributed by atoms with van der Waals surface area (Å²) in [6.07, 6.45) is 0. The third kappa shape index (κ3) is 3.84. The summed E-state index contributed by atoms with van der Waals surface area (Å²) < 4.78 is 6.54. The third-order valence-electron chi connectivity index (χ3n) is 2.49. The first-order valence-corrected chi connectivity index (χ1v) is 8.16. The van der Waals surface area contributed by atoms with E-state index in [0.29, 0.717) is 25.1 Å². The quantitative estimate of drug-likeness (QED) is 0.729. The number of amides is 2. The SMILES string of the molecule is COc1c(Br)cc(Br)cc1C(=O)NNC(=O)c1cccs1. The van der Waals surface area contributed by atoms with Crippen molar-refractivity contribution in [3.8, 4) is 5.75 Å². The molecule has 2 rings (SSSR count). The van der Waals surface area contributed by atoms with Gasteiger partial charge in [-0.1, -0.05) is 22.0 Å². The molecule has 1 aromatic heterocycles. The van der Waals surface area contributed by atoms with Gasteiger partial charge in [0.15, 0.2) is 0 Å². The van der Waals surface area contributed by atoms with Crippen LogP contribution < -0.4 is 15.6 Å². The molecule has 110 valence electrons. The number of ether oxygens (including phenoxy) is 1. The fraction of sp³-hybridized carbons (Fsp3) is 0.0769. The van der Waals surface area contributed by atoms with Gasteiger partial charge in [-0.3, -0.25) is 20.4 Å². The second-order valence-corrected chi connectivity index (χ2v) is 6.57. The van der Waals surface area contributed by atoms with Gasteiger partial charge >= 0.3 is 0 Å². The van der Waals surface area contributed by atoms with Gasteiger partial charge in [-0.15, -0.1) is 11.3 Å². The van der Waals surface area contributed by atoms with Gasteiger partial charge in [0.1, 0.15) is 5.75 Å². The summed E-state index contributed by atoms with van der Waals surface area (Å²) >= 11 is 7.91. The lowest BCUT2D eigenvalue weighted by molar-refractivity contribution is 0.0847. The van der Waals surface area contributed by atoms with Crippen molar-refractivity contribution in [2.75, 3.05) is 7.11 Å². The maximum absolute atomic E-state index is 12.2. The minimum absolute atomic E-state index is 0.297. The Morgan fingerprint density at radius 1 is 1.19 bits per heavy atom. The van der Waals surface area contributed by atoms with Gasteiger partial charge in [-0.05, 0) is 39.5 Å². The number of hydrogen-bond acceptors (Lipinski definition) is 4. The monoisotopic (exact) mass is 432 g/mol. The van der Waals surface area contributed by atoms with E-state index in [1.165, 1.54) is 18.4 Å². The predicted octanol–water partition coefficient (Wildman–Crippen LogP) is 3.36. The highest BCUT2D eigenvalue weighted by Gasteiger charge is 2.17. The molecule has 2 amide bonds. The van der Waals surface area contributed by atoms with Gasteiger partial charge in [0, 0.05) is 4.47 Å². The van der Waals surface area contributed by atoms with E-state index in [0.717, 1.165) is 0 Å². The van der Waals surface area contributed by atoms with Crippen molar-refractivity contribution in [2.45, 2.75) is 0 Å². The van der Waals surface area contributed by atoms with Gasteiger partial charge in [0.05, 0.1) is 22.0 Å². The van der Waals surface area contributed by atoms with E-state index in [9.17, 15) is 9.59 Å². The van der Waals surface area contributed by atoms with E-state index < -0.39 is 5.91 Å². The Morgan fingerprint density at radius 2 is 1.90 bits per heavy atom. The molecule has 0 saturated heterocycles. The van der Waals surface area contributed by atoms with Crippen LogP contribution in [0.1, 0.15) is 20.0 Å². The van der Waals surface area contributed by atoms with Gasteiger partial charge in [0.2, 0.25) is 0 Å². The Kier molecular flexibility index (Phi) is 5.38. The predicted molar refractivity (Wildman–Crippen MR) is 87.6 cm³/mol. The molecule has 0 fully saturated rings. The third-order valence-corrected chi connectivity index (χ3v) is 4.41. The van der Waals surface area contributed by atoms with E-state index in [2.05, 4.69) is 42.7 Å². The minimum Gasteiger partial charge on any atom is -0.495 e. The number of hydrogen-bond donors (Lipinski definition) is 2. The zero-order valence-corrected chi connectivity index (χ0v) is 14.8. The Labute approximate surface area is 141 Å². The van der Waals surface area contributed by atoms with Crippen LogP contribution in [0.4, 0.5) is 0 Å². The molecule has 0 radical (unpaired) electrons. The van der Waals surface area contributed by atoms with Gasteiger partial charge in [0.25, 0.3) is 11.8 Å². The number of hydrazine groups is 1. The molecule has 0 unspecified atom stereocenters. The molecule has 5 nitrogen and oxygen atoms in total. The zero-order valence-electron chi connectivity index (χ0n) is 10.8. The van der Waals surface area contributed by atoms with Gasteiger partial charge < -0.3 is 4.74 Å². The molecule has 0 saturated carbocycles. The molecule has 2 N–H and O–H groups in total. The number of halogens is 2. The summed E-state index contributed by atoms with van der Waals surface area (Å²) in [4.78, 5) is 24.4. The molecule has 0 aliphatic rings. The molecule has 0 spiro atoms. The largest absolute Gasteiger partial charge is 0.495 e. The fourth-order valence-corrected chi connectivity index (χ4v) is 3.59. The highest BCUT2D eigenvalue weighted by molar-refractivity contribution is 9.11. The maximum Gasteiger partial charge on any atom is 0.279 e. The smallest absolute Gasteiger partial charge is 0.279 e. The number of thiophene rings is 1. The maximum atomic E-state index is 12.2. The number of rotatable bonds is 3. The summed E-state index contributed by atoms with van der Waals surface area (Å²) in [6, 6.07) is 6.80. The van der Waals surface area contributed by atoms with Crippen LogP contribution in [-0.4, -0.2) is 18.9 Å². The second kappa shape index (κ2) is 7.06. The number of benzene rings is 1. The van der Waals surface area contributed by atoms with Crippen molar-refractivity contribution in [2.24, 2.45) is 0 Å². The average Bonchev–Trinajstić information content (AvgIpc) is 2.97. The molecule has 0 atom stereocenters. The molecule has 8 heteroatoms. The number of methoxy groups -OCH3 is 1. The molecule has 21 heavy (non-hydrogen) atoms. The first-order chi connectivity index (χ1) is 10.0. The van der Waals surface area contributed by atoms with Crippen LogP contribution in [0.5, 0.6) is 5.75 Å². The lowest BCUT2D eigenvalue weighted by atomic mass is 10.2. The minimum atomic E-state index is -0.473. The first-order valence-electron chi connectivity index (χ1n) is 5.70. The Balaban J connectivity index is 2.12. The van der Waals surface area contributed by atoms with Crippen LogP contribution in [-0.2, 0) is 0 Å². The van der Waals surface area contributed by atoms with Crippen LogP contribution in [0.2, 0.25) is 0 Å². The van der Waals surface area contributed by atoms with Crippen molar-refractivity contribution >= 4 is 55.0 Å². The van der Waals surface area contributed by atoms with Crippen LogP contribution in [0, 0.1) is 0 Å². The fourth-order valence-electron chi connectivity index (χ4n) is 1.59. The Hall–Kier alpha value is -1.38. The van der Waals surface area contributed by atoms with Crippen LogP contribution in [0.15, 0.2) is 38.6 Å². The lowest BCUT2D eigenvalue weighted by Gasteiger charge is -2.12. The van der Waals surface area contributed by atoms with Crippen molar-refractivity contribution in [3.05, 3.63) is 49.0 Å². The highest BCUT2D eigenvalue weighted by Crippen LogP contribution is 2.32. The summed E-state index contributed by atoms with van der Waals surface area (Å²) in [5, 5.41) is 1.78. The molecular weight excluding hydrogens is 424 g/mol. The Morgan fingerprint density at radius 3 is 2.52 bits per heavy atom. The number of carbonyl (C=O) groups excluding carboxylic acids is 2. The number of carbonyl (C=O) groups is 2. The summed E-state index contributed by atoms with van der Waals surface area (Å²) in [6.45, 7) is 0. The lowest BCUT2D eigenvalue weighted by Crippen LogP contribution is -2.41. The highest BCUT2D eigenvalue weighted by atomic mass is 79.9. The van der Waals surface area contributed by atoms with E-state index in [-0.39, 0.29) is 5.91 Å². The van der Waals surface area contributed by atoms with Crippen molar-refractivity contribution in [1.29, 1.82) is 0 Å². The van der Waals surface area contributed by atoms with E-state index in [1.807, 2.05) is 0 Å². The number of nitrogens with one attached hydrogen (secondary N) is 2. The second-order valence-electron chi connectivity index (χ2n) is 3.85.